The lowest BCUT2D eigenvalue weighted by atomic mass is 10.1. The van der Waals surface area contributed by atoms with Crippen molar-refractivity contribution >= 4 is 17.9 Å². The maximum absolute atomic E-state index is 13.4. The van der Waals surface area contributed by atoms with Gasteiger partial charge in [-0.3, -0.25) is 14.6 Å². The maximum Gasteiger partial charge on any atom is 0.310 e. The van der Waals surface area contributed by atoms with E-state index in [-0.39, 0.29) is 17.5 Å². The molecular weight excluding hydrogens is 239 g/mol. The number of aldehydes is 1. The van der Waals surface area contributed by atoms with Crippen LogP contribution in [0.2, 0.25) is 0 Å². The van der Waals surface area contributed by atoms with E-state index in [4.69, 9.17) is 0 Å². The summed E-state index contributed by atoms with van der Waals surface area (Å²) in [4.78, 5) is 27.8. The highest BCUT2D eigenvalue weighted by Gasteiger charge is 2.30. The van der Waals surface area contributed by atoms with Gasteiger partial charge in [-0.25, -0.2) is 4.39 Å². The van der Waals surface area contributed by atoms with Gasteiger partial charge in [0.2, 0.25) is 0 Å². The van der Waals surface area contributed by atoms with Crippen molar-refractivity contribution in [1.29, 1.82) is 0 Å². The molecule has 0 aromatic carbocycles. The monoisotopic (exact) mass is 252 g/mol. The summed E-state index contributed by atoms with van der Waals surface area (Å²) < 4.78 is 18.1. The summed E-state index contributed by atoms with van der Waals surface area (Å²) in [7, 11) is 1.34. The van der Waals surface area contributed by atoms with E-state index >= 15 is 0 Å². The Morgan fingerprint density at radius 3 is 3.06 bits per heavy atom. The lowest BCUT2D eigenvalue weighted by molar-refractivity contribution is -0.144. The fourth-order valence-electron chi connectivity index (χ4n) is 2.14. The van der Waals surface area contributed by atoms with Crippen LogP contribution in [-0.2, 0) is 9.53 Å². The van der Waals surface area contributed by atoms with Gasteiger partial charge in [-0.2, -0.15) is 0 Å². The van der Waals surface area contributed by atoms with Crippen molar-refractivity contribution < 1.29 is 18.7 Å². The Morgan fingerprint density at radius 1 is 1.61 bits per heavy atom. The third-order valence-corrected chi connectivity index (χ3v) is 3.10. The average molecular weight is 252 g/mol. The summed E-state index contributed by atoms with van der Waals surface area (Å²) in [6.07, 6.45) is 3.53. The van der Waals surface area contributed by atoms with Crippen LogP contribution in [0.1, 0.15) is 16.8 Å². The highest BCUT2D eigenvalue weighted by atomic mass is 19.1. The second-order valence-corrected chi connectivity index (χ2v) is 4.13. The number of anilines is 1. The molecule has 0 spiro atoms. The number of carbonyl (C=O) groups excluding carboxylic acids is 2. The van der Waals surface area contributed by atoms with Crippen LogP contribution >= 0.6 is 0 Å². The third kappa shape index (κ3) is 2.18. The van der Waals surface area contributed by atoms with E-state index in [2.05, 4.69) is 9.72 Å². The molecule has 1 atom stereocenters. The number of carbonyl (C=O) groups is 2. The molecule has 1 aromatic rings. The van der Waals surface area contributed by atoms with Crippen LogP contribution < -0.4 is 4.90 Å². The first-order valence-corrected chi connectivity index (χ1v) is 5.58. The smallest absolute Gasteiger partial charge is 0.310 e. The number of aromatic nitrogens is 1. The maximum atomic E-state index is 13.4. The molecule has 5 nitrogen and oxygen atoms in total. The molecule has 1 aliphatic rings. The molecule has 0 amide bonds. The number of rotatable bonds is 3. The summed E-state index contributed by atoms with van der Waals surface area (Å²) >= 11 is 0. The summed E-state index contributed by atoms with van der Waals surface area (Å²) in [5.41, 5.74) is 0.409. The minimum Gasteiger partial charge on any atom is -0.469 e. The molecule has 0 bridgehead atoms. The number of nitrogens with zero attached hydrogens (tertiary/aromatic N) is 2. The van der Waals surface area contributed by atoms with Crippen molar-refractivity contribution in [2.24, 2.45) is 5.92 Å². The van der Waals surface area contributed by atoms with Crippen LogP contribution in [-0.4, -0.2) is 37.4 Å². The van der Waals surface area contributed by atoms with E-state index in [1.165, 1.54) is 13.3 Å². The zero-order chi connectivity index (χ0) is 13.1. The topological polar surface area (TPSA) is 59.5 Å². The molecule has 1 aromatic heterocycles. The zero-order valence-corrected chi connectivity index (χ0v) is 9.93. The molecule has 1 fully saturated rings. The van der Waals surface area contributed by atoms with Gasteiger partial charge in [-0.15, -0.1) is 0 Å². The van der Waals surface area contributed by atoms with Crippen LogP contribution in [0.5, 0.6) is 0 Å². The van der Waals surface area contributed by atoms with Gasteiger partial charge in [-0.05, 0) is 6.42 Å². The van der Waals surface area contributed by atoms with Gasteiger partial charge < -0.3 is 9.64 Å². The van der Waals surface area contributed by atoms with E-state index in [1.807, 2.05) is 0 Å². The van der Waals surface area contributed by atoms with Crippen molar-refractivity contribution in [1.82, 2.24) is 4.98 Å². The van der Waals surface area contributed by atoms with E-state index in [9.17, 15) is 14.0 Å². The van der Waals surface area contributed by atoms with Crippen LogP contribution in [0, 0.1) is 11.7 Å². The molecule has 0 radical (unpaired) electrons. The van der Waals surface area contributed by atoms with Crippen LogP contribution in [0.3, 0.4) is 0 Å². The quantitative estimate of drug-likeness (QED) is 0.594. The van der Waals surface area contributed by atoms with E-state index in [0.717, 1.165) is 6.20 Å². The molecule has 0 saturated carbocycles. The highest BCUT2D eigenvalue weighted by molar-refractivity contribution is 5.85. The molecular formula is C12H13FN2O3. The predicted molar refractivity (Wildman–Crippen MR) is 61.9 cm³/mol. The number of hydrogen-bond acceptors (Lipinski definition) is 5. The lowest BCUT2D eigenvalue weighted by Crippen LogP contribution is -2.24. The van der Waals surface area contributed by atoms with Crippen LogP contribution in [0.25, 0.3) is 0 Å². The van der Waals surface area contributed by atoms with E-state index in [0.29, 0.717) is 31.5 Å². The van der Waals surface area contributed by atoms with Gasteiger partial charge >= 0.3 is 5.97 Å². The molecule has 2 rings (SSSR count). The van der Waals surface area contributed by atoms with Crippen molar-refractivity contribution in [3.05, 3.63) is 23.8 Å². The first kappa shape index (κ1) is 12.5. The largest absolute Gasteiger partial charge is 0.469 e. The standard InChI is InChI=1S/C12H13FN2O3/c1-18-12(17)8-2-3-15(6-8)11-5-14-4-10(13)9(11)7-16/h4-5,7-8H,2-3,6H2,1H3. The molecule has 1 saturated heterocycles. The van der Waals surface area contributed by atoms with Gasteiger partial charge in [-0.1, -0.05) is 0 Å². The molecule has 1 aliphatic heterocycles. The molecule has 0 N–H and O–H groups in total. The summed E-state index contributed by atoms with van der Waals surface area (Å²) in [6.45, 7) is 0.990. The minimum atomic E-state index is -0.649. The number of esters is 1. The Morgan fingerprint density at radius 2 is 2.39 bits per heavy atom. The molecule has 1 unspecified atom stereocenters. The van der Waals surface area contributed by atoms with E-state index in [1.54, 1.807) is 4.90 Å². The van der Waals surface area contributed by atoms with Crippen molar-refractivity contribution in [3.63, 3.8) is 0 Å². The molecule has 6 heteroatoms. The van der Waals surface area contributed by atoms with Gasteiger partial charge in [0.15, 0.2) is 12.1 Å². The molecule has 0 aliphatic carbocycles. The summed E-state index contributed by atoms with van der Waals surface area (Å²) in [5, 5.41) is 0. The van der Waals surface area contributed by atoms with Gasteiger partial charge in [0.25, 0.3) is 0 Å². The number of hydrogen-bond donors (Lipinski definition) is 0. The molecule has 2 heterocycles. The normalized spacial score (nSPS) is 18.8. The van der Waals surface area contributed by atoms with Gasteiger partial charge in [0.05, 0.1) is 36.7 Å². The molecule has 18 heavy (non-hydrogen) atoms. The lowest BCUT2D eigenvalue weighted by Gasteiger charge is -2.19. The third-order valence-electron chi connectivity index (χ3n) is 3.10. The van der Waals surface area contributed by atoms with E-state index < -0.39 is 5.82 Å². The first-order chi connectivity index (χ1) is 8.67. The number of methoxy groups -OCH3 is 1. The first-order valence-electron chi connectivity index (χ1n) is 5.58. The highest BCUT2D eigenvalue weighted by Crippen LogP contribution is 2.27. The predicted octanol–water partition coefficient (Wildman–Crippen LogP) is 1.03. The number of halogens is 1. The fourth-order valence-corrected chi connectivity index (χ4v) is 2.14. The zero-order valence-electron chi connectivity index (χ0n) is 9.93. The average Bonchev–Trinajstić information content (AvgIpc) is 2.87. The molecule has 96 valence electrons. The van der Waals surface area contributed by atoms with Gasteiger partial charge in [0, 0.05) is 13.1 Å². The van der Waals surface area contributed by atoms with Crippen molar-refractivity contribution in [2.75, 3.05) is 25.1 Å². The Hall–Kier alpha value is -1.98. The van der Waals surface area contributed by atoms with Gasteiger partial charge in [0.1, 0.15) is 0 Å². The van der Waals surface area contributed by atoms with Crippen LogP contribution in [0.4, 0.5) is 10.1 Å². The Kier molecular flexibility index (Phi) is 3.55. The number of ether oxygens (including phenoxy) is 1. The second-order valence-electron chi connectivity index (χ2n) is 4.13. The number of pyridine rings is 1. The van der Waals surface area contributed by atoms with Crippen molar-refractivity contribution in [2.45, 2.75) is 6.42 Å². The van der Waals surface area contributed by atoms with Crippen LogP contribution in [0.15, 0.2) is 12.4 Å². The SMILES string of the molecule is COC(=O)C1CCN(c2cncc(F)c2C=O)C1. The Balaban J connectivity index is 2.22. The Bertz CT molecular complexity index is 478. The summed E-state index contributed by atoms with van der Waals surface area (Å²) in [5.74, 6) is -1.17. The fraction of sp³-hybridized carbons (Fsp3) is 0.417. The Labute approximate surface area is 104 Å². The minimum absolute atomic E-state index is 0.0180. The second kappa shape index (κ2) is 5.12. The summed E-state index contributed by atoms with van der Waals surface area (Å²) in [6, 6.07) is 0. The van der Waals surface area contributed by atoms with Crippen molar-refractivity contribution in [3.8, 4) is 0 Å².